The molecule has 0 aliphatic heterocycles. The molecule has 0 radical (unpaired) electrons. The number of rotatable bonds is 7. The number of nitrogens with two attached hydrogens (primary N) is 1. The molecule has 0 saturated carbocycles. The maximum Gasteiger partial charge on any atom is 0.303 e. The molecule has 7 nitrogen and oxygen atoms in total. The minimum atomic E-state index is -3.96. The second-order valence-corrected chi connectivity index (χ2v) is 7.47. The first-order valence-electron chi connectivity index (χ1n) is 8.25. The Morgan fingerprint density at radius 2 is 1.74 bits per heavy atom. The van der Waals surface area contributed by atoms with E-state index in [-0.39, 0.29) is 11.3 Å². The van der Waals surface area contributed by atoms with Gasteiger partial charge in [0.1, 0.15) is 5.69 Å². The third-order valence-electron chi connectivity index (χ3n) is 3.94. The highest BCUT2D eigenvalue weighted by Gasteiger charge is 2.22. The molecule has 0 spiro atoms. The van der Waals surface area contributed by atoms with Gasteiger partial charge < -0.3 is 9.52 Å². The highest BCUT2D eigenvalue weighted by molar-refractivity contribution is 7.89. The number of hydrogen-bond acceptors (Lipinski definition) is 5. The average molecular weight is 386 g/mol. The number of aromatic nitrogens is 1. The third-order valence-corrected chi connectivity index (χ3v) is 4.91. The second-order valence-electron chi connectivity index (χ2n) is 5.94. The van der Waals surface area contributed by atoms with Crippen LogP contribution in [0.3, 0.4) is 0 Å². The lowest BCUT2D eigenvalue weighted by Crippen LogP contribution is -2.13. The van der Waals surface area contributed by atoms with Crippen molar-refractivity contribution in [3.05, 3.63) is 60.5 Å². The number of sulfonamides is 1. The Labute approximate surface area is 156 Å². The summed E-state index contributed by atoms with van der Waals surface area (Å²) in [5.41, 5.74) is 1.43. The number of hydrogen-bond donors (Lipinski definition) is 2. The predicted molar refractivity (Wildman–Crippen MR) is 99.3 cm³/mol. The number of nitrogens with zero attached hydrogens (tertiary/aromatic N) is 1. The third kappa shape index (κ3) is 4.42. The molecule has 0 unspecified atom stereocenters. The van der Waals surface area contributed by atoms with Crippen molar-refractivity contribution >= 4 is 16.0 Å². The minimum Gasteiger partial charge on any atom is -0.481 e. The first-order chi connectivity index (χ1) is 12.9. The number of aliphatic carboxylic acids is 1. The van der Waals surface area contributed by atoms with Gasteiger partial charge in [0.2, 0.25) is 10.0 Å². The van der Waals surface area contributed by atoms with Gasteiger partial charge in [-0.15, -0.1) is 0 Å². The highest BCUT2D eigenvalue weighted by Crippen LogP contribution is 2.35. The van der Waals surface area contributed by atoms with Gasteiger partial charge in [-0.25, -0.2) is 18.5 Å². The molecule has 0 atom stereocenters. The molecule has 0 bridgehead atoms. The zero-order chi connectivity index (χ0) is 19.4. The highest BCUT2D eigenvalue weighted by atomic mass is 32.2. The Bertz CT molecular complexity index is 1060. The average Bonchev–Trinajstić information content (AvgIpc) is 3.05. The van der Waals surface area contributed by atoms with Crippen LogP contribution in [-0.4, -0.2) is 24.5 Å². The zero-order valence-corrected chi connectivity index (χ0v) is 15.1. The normalized spacial score (nSPS) is 11.4. The molecule has 140 valence electrons. The van der Waals surface area contributed by atoms with Crippen LogP contribution < -0.4 is 5.14 Å². The Morgan fingerprint density at radius 3 is 2.41 bits per heavy atom. The lowest BCUT2D eigenvalue weighted by molar-refractivity contribution is -0.137. The lowest BCUT2D eigenvalue weighted by Gasteiger charge is -2.06. The molecular weight excluding hydrogens is 368 g/mol. The topological polar surface area (TPSA) is 123 Å². The molecule has 3 N–H and O–H groups in total. The van der Waals surface area contributed by atoms with E-state index in [9.17, 15) is 13.2 Å². The van der Waals surface area contributed by atoms with Crippen molar-refractivity contribution in [1.82, 2.24) is 4.98 Å². The second kappa shape index (κ2) is 7.73. The molecular formula is C19H18N2O5S. The van der Waals surface area contributed by atoms with Crippen molar-refractivity contribution in [2.75, 3.05) is 0 Å². The maximum atomic E-state index is 12.0. The smallest absolute Gasteiger partial charge is 0.303 e. The summed E-state index contributed by atoms with van der Waals surface area (Å²) >= 11 is 0. The van der Waals surface area contributed by atoms with E-state index in [0.717, 1.165) is 5.56 Å². The summed E-state index contributed by atoms with van der Waals surface area (Å²) in [7, 11) is -3.96. The lowest BCUT2D eigenvalue weighted by atomic mass is 10.1. The van der Waals surface area contributed by atoms with Crippen LogP contribution in [0.1, 0.15) is 18.7 Å². The van der Waals surface area contributed by atoms with Crippen molar-refractivity contribution < 1.29 is 22.7 Å². The van der Waals surface area contributed by atoms with Gasteiger partial charge in [-0.05, 0) is 12.5 Å². The molecule has 27 heavy (non-hydrogen) atoms. The molecule has 0 fully saturated rings. The van der Waals surface area contributed by atoms with E-state index in [4.69, 9.17) is 14.7 Å². The van der Waals surface area contributed by atoms with Crippen LogP contribution in [0, 0.1) is 0 Å². The van der Waals surface area contributed by atoms with Gasteiger partial charge in [-0.1, -0.05) is 48.5 Å². The standard InChI is InChI=1S/C19H18N2O5S/c20-27(24,25)15-10-5-4-9-14(15)18-19(13-7-2-1-3-8-13)26-16(21-18)11-6-12-17(22)23/h1-5,7-10H,6,11-12H2,(H,22,23)(H2,20,24,25). The van der Waals surface area contributed by atoms with Gasteiger partial charge in [0.15, 0.2) is 11.7 Å². The van der Waals surface area contributed by atoms with Crippen molar-refractivity contribution in [2.45, 2.75) is 24.2 Å². The van der Waals surface area contributed by atoms with E-state index in [1.54, 1.807) is 18.2 Å². The summed E-state index contributed by atoms with van der Waals surface area (Å²) < 4.78 is 29.8. The Kier molecular flexibility index (Phi) is 5.38. The predicted octanol–water partition coefficient (Wildman–Crippen LogP) is 3.06. The molecule has 3 rings (SSSR count). The van der Waals surface area contributed by atoms with E-state index in [1.807, 2.05) is 30.3 Å². The Hall–Kier alpha value is -2.97. The Balaban J connectivity index is 2.12. The first kappa shape index (κ1) is 18.8. The molecule has 1 aromatic heterocycles. The monoisotopic (exact) mass is 386 g/mol. The fourth-order valence-corrected chi connectivity index (χ4v) is 3.48. The fourth-order valence-electron chi connectivity index (χ4n) is 2.74. The van der Waals surface area contributed by atoms with Crippen molar-refractivity contribution in [1.29, 1.82) is 0 Å². The molecule has 0 aliphatic rings. The van der Waals surface area contributed by atoms with Gasteiger partial charge in [0.25, 0.3) is 0 Å². The first-order valence-corrected chi connectivity index (χ1v) is 9.80. The number of oxazole rings is 1. The van der Waals surface area contributed by atoms with Gasteiger partial charge >= 0.3 is 5.97 Å². The number of aryl methyl sites for hydroxylation is 1. The molecule has 2 aromatic carbocycles. The van der Waals surface area contributed by atoms with E-state index in [0.29, 0.717) is 35.7 Å². The quantitative estimate of drug-likeness (QED) is 0.643. The summed E-state index contributed by atoms with van der Waals surface area (Å²) in [6.07, 6.45) is 0.677. The van der Waals surface area contributed by atoms with Crippen molar-refractivity contribution in [2.24, 2.45) is 5.14 Å². The molecule has 0 aliphatic carbocycles. The zero-order valence-electron chi connectivity index (χ0n) is 14.3. The summed E-state index contributed by atoms with van der Waals surface area (Å²) in [5, 5.41) is 14.2. The summed E-state index contributed by atoms with van der Waals surface area (Å²) in [6, 6.07) is 15.5. The van der Waals surface area contributed by atoms with E-state index in [2.05, 4.69) is 4.98 Å². The summed E-state index contributed by atoms with van der Waals surface area (Å²) in [6.45, 7) is 0. The van der Waals surface area contributed by atoms with Gasteiger partial charge in [0, 0.05) is 24.0 Å². The van der Waals surface area contributed by atoms with Crippen molar-refractivity contribution in [3.63, 3.8) is 0 Å². The van der Waals surface area contributed by atoms with Gasteiger partial charge in [0.05, 0.1) is 4.90 Å². The van der Waals surface area contributed by atoms with E-state index >= 15 is 0 Å². The van der Waals surface area contributed by atoms with Crippen LogP contribution in [0.4, 0.5) is 0 Å². The number of carbonyl (C=O) groups is 1. The fraction of sp³-hybridized carbons (Fsp3) is 0.158. The van der Waals surface area contributed by atoms with Crippen LogP contribution in [-0.2, 0) is 21.2 Å². The number of carboxylic acid groups (broad SMARTS) is 1. The number of primary sulfonamides is 1. The SMILES string of the molecule is NS(=O)(=O)c1ccccc1-c1nc(CCCC(=O)O)oc1-c1ccccc1. The van der Waals surface area contributed by atoms with Crippen LogP contribution in [0.2, 0.25) is 0 Å². The molecule has 1 heterocycles. The summed E-state index contributed by atoms with van der Waals surface area (Å²) in [4.78, 5) is 15.1. The van der Waals surface area contributed by atoms with Gasteiger partial charge in [-0.3, -0.25) is 4.79 Å². The minimum absolute atomic E-state index is 0.00779. The van der Waals surface area contributed by atoms with Gasteiger partial charge in [-0.2, -0.15) is 0 Å². The van der Waals surface area contributed by atoms with E-state index < -0.39 is 16.0 Å². The number of carboxylic acids is 1. The molecule has 0 saturated heterocycles. The largest absolute Gasteiger partial charge is 0.481 e. The van der Waals surface area contributed by atoms with Crippen LogP contribution in [0.5, 0.6) is 0 Å². The van der Waals surface area contributed by atoms with Crippen molar-refractivity contribution in [3.8, 4) is 22.6 Å². The van der Waals surface area contributed by atoms with E-state index in [1.165, 1.54) is 6.07 Å². The maximum absolute atomic E-state index is 12.0. The number of benzene rings is 2. The molecule has 8 heteroatoms. The van der Waals surface area contributed by atoms with Crippen LogP contribution in [0.25, 0.3) is 22.6 Å². The Morgan fingerprint density at radius 1 is 1.07 bits per heavy atom. The van der Waals surface area contributed by atoms with Crippen LogP contribution >= 0.6 is 0 Å². The molecule has 3 aromatic rings. The molecule has 0 amide bonds. The van der Waals surface area contributed by atoms with Crippen LogP contribution in [0.15, 0.2) is 63.9 Å². The summed E-state index contributed by atoms with van der Waals surface area (Å²) in [5.74, 6) is -0.143.